The van der Waals surface area contributed by atoms with Gasteiger partial charge in [0.1, 0.15) is 0 Å². The first-order valence-electron chi connectivity index (χ1n) is 8.81. The molecule has 1 saturated heterocycles. The highest BCUT2D eigenvalue weighted by Gasteiger charge is 2.19. The number of rotatable bonds is 5. The summed E-state index contributed by atoms with van der Waals surface area (Å²) in [5.41, 5.74) is 4.83. The van der Waals surface area contributed by atoms with Gasteiger partial charge in [0.05, 0.1) is 11.1 Å². The van der Waals surface area contributed by atoms with Crippen molar-refractivity contribution >= 4 is 16.9 Å². The van der Waals surface area contributed by atoms with E-state index in [9.17, 15) is 9.90 Å². The minimum Gasteiger partial charge on any atom is -0.478 e. The van der Waals surface area contributed by atoms with Gasteiger partial charge in [-0.15, -0.1) is 0 Å². The van der Waals surface area contributed by atoms with Gasteiger partial charge in [-0.25, -0.2) is 4.79 Å². The van der Waals surface area contributed by atoms with Crippen molar-refractivity contribution in [1.82, 2.24) is 14.8 Å². The van der Waals surface area contributed by atoms with Crippen molar-refractivity contribution < 1.29 is 9.90 Å². The number of hydrogen-bond acceptors (Lipinski definition) is 3. The molecule has 24 heavy (non-hydrogen) atoms. The molecule has 2 heterocycles. The molecular formula is C19H27N3O2. The topological polar surface area (TPSA) is 57.5 Å². The van der Waals surface area contributed by atoms with Gasteiger partial charge >= 0.3 is 5.97 Å². The van der Waals surface area contributed by atoms with E-state index in [1.54, 1.807) is 0 Å². The molecule has 5 heteroatoms. The Morgan fingerprint density at radius 2 is 2.00 bits per heavy atom. The molecule has 130 valence electrons. The van der Waals surface area contributed by atoms with E-state index >= 15 is 0 Å². The van der Waals surface area contributed by atoms with Gasteiger partial charge in [0.15, 0.2) is 0 Å². The van der Waals surface area contributed by atoms with Crippen LogP contribution in [-0.4, -0.2) is 53.3 Å². The normalized spacial score (nSPS) is 16.0. The van der Waals surface area contributed by atoms with Crippen LogP contribution in [0.2, 0.25) is 0 Å². The van der Waals surface area contributed by atoms with E-state index in [0.29, 0.717) is 5.56 Å². The summed E-state index contributed by atoms with van der Waals surface area (Å²) in [6, 6.07) is 1.81. The molecule has 2 aromatic rings. The third kappa shape index (κ3) is 3.06. The lowest BCUT2D eigenvalue weighted by Crippen LogP contribution is -2.44. The SMILES string of the molecule is CCn1cc(CCN2CCNCC2)c2c(C)c(C(=O)O)cc(C)c21. The molecule has 0 unspecified atom stereocenters. The van der Waals surface area contributed by atoms with Gasteiger partial charge in [-0.3, -0.25) is 0 Å². The third-order valence-corrected chi connectivity index (χ3v) is 5.15. The van der Waals surface area contributed by atoms with E-state index in [0.717, 1.165) is 62.2 Å². The maximum Gasteiger partial charge on any atom is 0.335 e. The summed E-state index contributed by atoms with van der Waals surface area (Å²) in [7, 11) is 0. The quantitative estimate of drug-likeness (QED) is 0.884. The number of nitrogens with one attached hydrogen (secondary N) is 1. The van der Waals surface area contributed by atoms with Crippen LogP contribution in [0.15, 0.2) is 12.3 Å². The monoisotopic (exact) mass is 329 g/mol. The molecule has 1 aliphatic heterocycles. The van der Waals surface area contributed by atoms with Crippen LogP contribution in [0.3, 0.4) is 0 Å². The van der Waals surface area contributed by atoms with Crippen molar-refractivity contribution in [2.75, 3.05) is 32.7 Å². The smallest absolute Gasteiger partial charge is 0.335 e. The average Bonchev–Trinajstić information content (AvgIpc) is 2.96. The molecule has 1 fully saturated rings. The van der Waals surface area contributed by atoms with Gasteiger partial charge in [-0.2, -0.15) is 0 Å². The second-order valence-electron chi connectivity index (χ2n) is 6.68. The van der Waals surface area contributed by atoms with E-state index in [1.807, 2.05) is 19.9 Å². The number of hydrogen-bond donors (Lipinski definition) is 2. The van der Waals surface area contributed by atoms with Crippen molar-refractivity contribution in [2.45, 2.75) is 33.7 Å². The maximum absolute atomic E-state index is 11.6. The molecule has 0 saturated carbocycles. The first kappa shape index (κ1) is 17.0. The lowest BCUT2D eigenvalue weighted by Gasteiger charge is -2.27. The summed E-state index contributed by atoms with van der Waals surface area (Å²) >= 11 is 0. The third-order valence-electron chi connectivity index (χ3n) is 5.15. The Bertz CT molecular complexity index is 758. The molecule has 1 aromatic heterocycles. The number of piperazine rings is 1. The van der Waals surface area contributed by atoms with E-state index in [2.05, 4.69) is 27.9 Å². The minimum absolute atomic E-state index is 0.428. The highest BCUT2D eigenvalue weighted by Crippen LogP contribution is 2.31. The van der Waals surface area contributed by atoms with Gasteiger partial charge < -0.3 is 19.9 Å². The summed E-state index contributed by atoms with van der Waals surface area (Å²) < 4.78 is 2.26. The van der Waals surface area contributed by atoms with E-state index in [4.69, 9.17) is 0 Å². The number of aromatic carboxylic acids is 1. The Hall–Kier alpha value is -1.85. The first-order valence-corrected chi connectivity index (χ1v) is 8.81. The van der Waals surface area contributed by atoms with Crippen LogP contribution in [0, 0.1) is 13.8 Å². The van der Waals surface area contributed by atoms with Crippen LogP contribution >= 0.6 is 0 Å². The van der Waals surface area contributed by atoms with Crippen molar-refractivity contribution in [3.8, 4) is 0 Å². The van der Waals surface area contributed by atoms with Crippen LogP contribution in [0.4, 0.5) is 0 Å². The van der Waals surface area contributed by atoms with Crippen LogP contribution in [0.25, 0.3) is 10.9 Å². The first-order chi connectivity index (χ1) is 11.5. The van der Waals surface area contributed by atoms with Gasteiger partial charge in [-0.1, -0.05) is 0 Å². The molecule has 1 aromatic carbocycles. The number of carbonyl (C=O) groups is 1. The summed E-state index contributed by atoms with van der Waals surface area (Å²) in [5.74, 6) is -0.838. The molecule has 0 amide bonds. The van der Waals surface area contributed by atoms with Crippen molar-refractivity contribution in [3.05, 3.63) is 34.5 Å². The number of benzene rings is 1. The Kier molecular flexibility index (Phi) is 4.92. The molecule has 2 N–H and O–H groups in total. The molecule has 5 nitrogen and oxygen atoms in total. The zero-order chi connectivity index (χ0) is 17.3. The minimum atomic E-state index is -0.838. The second kappa shape index (κ2) is 6.95. The molecule has 3 rings (SSSR count). The lowest BCUT2D eigenvalue weighted by molar-refractivity contribution is 0.0696. The Labute approximate surface area is 143 Å². The number of fused-ring (bicyclic) bond motifs is 1. The molecule has 0 atom stereocenters. The van der Waals surface area contributed by atoms with Crippen LogP contribution in [-0.2, 0) is 13.0 Å². The molecule has 1 aliphatic rings. The summed E-state index contributed by atoms with van der Waals surface area (Å²) in [6.45, 7) is 12.3. The Morgan fingerprint density at radius 1 is 1.29 bits per heavy atom. The van der Waals surface area contributed by atoms with Gasteiger partial charge in [0.2, 0.25) is 0 Å². The molecular weight excluding hydrogens is 302 g/mol. The van der Waals surface area contributed by atoms with E-state index < -0.39 is 5.97 Å². The Morgan fingerprint density at radius 3 is 2.62 bits per heavy atom. The summed E-state index contributed by atoms with van der Waals surface area (Å²) in [6.07, 6.45) is 3.19. The number of carboxylic acid groups (broad SMARTS) is 1. The fraction of sp³-hybridized carbons (Fsp3) is 0.526. The highest BCUT2D eigenvalue weighted by atomic mass is 16.4. The van der Waals surface area contributed by atoms with Crippen molar-refractivity contribution in [2.24, 2.45) is 0 Å². The predicted molar refractivity (Wildman–Crippen MR) is 97.1 cm³/mol. The second-order valence-corrected chi connectivity index (χ2v) is 6.68. The van der Waals surface area contributed by atoms with Crippen LogP contribution in [0.5, 0.6) is 0 Å². The number of aryl methyl sites for hydroxylation is 3. The number of aromatic nitrogens is 1. The number of nitrogens with zero attached hydrogens (tertiary/aromatic N) is 2. The molecule has 0 radical (unpaired) electrons. The lowest BCUT2D eigenvalue weighted by atomic mass is 9.97. The van der Waals surface area contributed by atoms with Gasteiger partial charge in [0.25, 0.3) is 0 Å². The maximum atomic E-state index is 11.6. The predicted octanol–water partition coefficient (Wildman–Crippen LogP) is 2.42. The highest BCUT2D eigenvalue weighted by molar-refractivity contribution is 6.00. The fourth-order valence-corrected chi connectivity index (χ4v) is 3.86. The number of carboxylic acids is 1. The Balaban J connectivity index is 2.01. The largest absolute Gasteiger partial charge is 0.478 e. The molecule has 0 aliphatic carbocycles. The summed E-state index contributed by atoms with van der Waals surface area (Å²) in [5, 5.41) is 14.0. The average molecular weight is 329 g/mol. The van der Waals surface area contributed by atoms with Crippen LogP contribution in [0.1, 0.15) is 34.0 Å². The van der Waals surface area contributed by atoms with Gasteiger partial charge in [0, 0.05) is 50.9 Å². The van der Waals surface area contributed by atoms with Crippen molar-refractivity contribution in [1.29, 1.82) is 0 Å². The standard InChI is InChI=1S/C19H27N3O2/c1-4-22-12-15(5-8-21-9-6-20-7-10-21)17-14(3)16(19(23)24)11-13(2)18(17)22/h11-12,20H,4-10H2,1-3H3,(H,23,24). The zero-order valence-corrected chi connectivity index (χ0v) is 14.9. The van der Waals surface area contributed by atoms with E-state index in [-0.39, 0.29) is 0 Å². The van der Waals surface area contributed by atoms with Crippen molar-refractivity contribution in [3.63, 3.8) is 0 Å². The summed E-state index contributed by atoms with van der Waals surface area (Å²) in [4.78, 5) is 14.1. The molecule has 0 bridgehead atoms. The van der Waals surface area contributed by atoms with E-state index in [1.165, 1.54) is 11.1 Å². The van der Waals surface area contributed by atoms with Gasteiger partial charge in [-0.05, 0) is 49.9 Å². The molecule has 0 spiro atoms. The zero-order valence-electron chi connectivity index (χ0n) is 14.9. The van der Waals surface area contributed by atoms with Crippen LogP contribution < -0.4 is 5.32 Å². The fourth-order valence-electron chi connectivity index (χ4n) is 3.86.